The lowest BCUT2D eigenvalue weighted by atomic mass is 10.2. The fourth-order valence-electron chi connectivity index (χ4n) is 1.38. The summed E-state index contributed by atoms with van der Waals surface area (Å²) < 4.78 is 0. The van der Waals surface area contributed by atoms with Crippen molar-refractivity contribution in [2.24, 2.45) is 0 Å². The molecule has 0 bridgehead atoms. The summed E-state index contributed by atoms with van der Waals surface area (Å²) in [4.78, 5) is 29.3. The number of aliphatic hydroxyl groups is 2. The summed E-state index contributed by atoms with van der Waals surface area (Å²) in [6.07, 6.45) is 1.70. The molecule has 8 heteroatoms. The van der Waals surface area contributed by atoms with E-state index in [1.165, 1.54) is 11.8 Å². The minimum atomic E-state index is -0.737. The molecular formula is C10H15N3O4S. The van der Waals surface area contributed by atoms with Gasteiger partial charge in [-0.3, -0.25) is 4.79 Å². The molecule has 1 aromatic rings. The molecular weight excluding hydrogens is 258 g/mol. The molecule has 0 aromatic carbocycles. The molecule has 7 nitrogen and oxygen atoms in total. The maximum Gasteiger partial charge on any atom is 0.346 e. The molecule has 0 atom stereocenters. The number of hydrogen-bond acceptors (Lipinski definition) is 6. The van der Waals surface area contributed by atoms with Crippen molar-refractivity contribution in [1.82, 2.24) is 15.3 Å². The van der Waals surface area contributed by atoms with E-state index in [-0.39, 0.29) is 18.8 Å². The van der Waals surface area contributed by atoms with Gasteiger partial charge in [-0.15, -0.1) is 11.8 Å². The summed E-state index contributed by atoms with van der Waals surface area (Å²) in [5, 5.41) is 20.6. The first-order chi connectivity index (χ1) is 8.53. The van der Waals surface area contributed by atoms with Gasteiger partial charge in [0.15, 0.2) is 0 Å². The van der Waals surface area contributed by atoms with Crippen molar-refractivity contribution >= 4 is 17.7 Å². The Labute approximate surface area is 108 Å². The van der Waals surface area contributed by atoms with Crippen LogP contribution in [0.1, 0.15) is 16.1 Å². The highest BCUT2D eigenvalue weighted by Crippen LogP contribution is 2.17. The number of amides is 1. The van der Waals surface area contributed by atoms with Crippen LogP contribution in [0.15, 0.2) is 9.82 Å². The van der Waals surface area contributed by atoms with Gasteiger partial charge in [0.1, 0.15) is 5.03 Å². The fraction of sp³-hybridized carbons (Fsp3) is 0.500. The van der Waals surface area contributed by atoms with Crippen LogP contribution in [0.5, 0.6) is 0 Å². The van der Waals surface area contributed by atoms with Gasteiger partial charge in [0, 0.05) is 5.69 Å². The smallest absolute Gasteiger partial charge is 0.346 e. The molecule has 100 valence electrons. The Bertz CT molecular complexity index is 485. The Morgan fingerprint density at radius 3 is 2.61 bits per heavy atom. The normalized spacial score (nSPS) is 10.7. The zero-order chi connectivity index (χ0) is 13.7. The van der Waals surface area contributed by atoms with Crippen LogP contribution in [0.2, 0.25) is 0 Å². The summed E-state index contributed by atoms with van der Waals surface area (Å²) >= 11 is 1.18. The predicted molar refractivity (Wildman–Crippen MR) is 66.8 cm³/mol. The van der Waals surface area contributed by atoms with E-state index in [0.717, 1.165) is 0 Å². The van der Waals surface area contributed by atoms with Gasteiger partial charge >= 0.3 is 5.69 Å². The first kappa shape index (κ1) is 14.7. The number of nitrogens with zero attached hydrogens (tertiary/aromatic N) is 1. The minimum Gasteiger partial charge on any atom is -0.394 e. The van der Waals surface area contributed by atoms with Crippen molar-refractivity contribution < 1.29 is 15.0 Å². The van der Waals surface area contributed by atoms with Crippen LogP contribution in [0.3, 0.4) is 0 Å². The molecule has 0 fully saturated rings. The first-order valence-electron chi connectivity index (χ1n) is 5.21. The predicted octanol–water partition coefficient (Wildman–Crippen LogP) is -1.12. The van der Waals surface area contributed by atoms with Gasteiger partial charge in [0.05, 0.1) is 24.8 Å². The van der Waals surface area contributed by atoms with E-state index in [1.807, 2.05) is 0 Å². The zero-order valence-corrected chi connectivity index (χ0v) is 10.9. The molecule has 0 unspecified atom stereocenters. The molecule has 0 saturated carbocycles. The fourth-order valence-corrected chi connectivity index (χ4v) is 2.01. The summed E-state index contributed by atoms with van der Waals surface area (Å²) in [6, 6.07) is -0.737. The number of carbonyl (C=O) groups is 1. The highest BCUT2D eigenvalue weighted by molar-refractivity contribution is 7.98. The Morgan fingerprint density at radius 2 is 2.11 bits per heavy atom. The quantitative estimate of drug-likeness (QED) is 0.399. The van der Waals surface area contributed by atoms with Gasteiger partial charge in [-0.2, -0.15) is 4.98 Å². The Kier molecular flexibility index (Phi) is 5.32. The number of rotatable bonds is 5. The SMILES string of the molecule is CSc1nc(=O)[nH]c(C)c1C(=O)NC(CO)CO. The average molecular weight is 273 g/mol. The van der Waals surface area contributed by atoms with Crippen LogP contribution in [0, 0.1) is 6.92 Å². The lowest BCUT2D eigenvalue weighted by molar-refractivity contribution is 0.0874. The number of aryl methyl sites for hydroxylation is 1. The van der Waals surface area contributed by atoms with E-state index in [2.05, 4.69) is 15.3 Å². The van der Waals surface area contributed by atoms with Crippen LogP contribution in [0.4, 0.5) is 0 Å². The molecule has 0 aliphatic heterocycles. The lowest BCUT2D eigenvalue weighted by Gasteiger charge is -2.15. The van der Waals surface area contributed by atoms with E-state index >= 15 is 0 Å². The Morgan fingerprint density at radius 1 is 1.50 bits per heavy atom. The van der Waals surface area contributed by atoms with Crippen molar-refractivity contribution in [2.75, 3.05) is 19.5 Å². The number of carbonyl (C=O) groups excluding carboxylic acids is 1. The molecule has 4 N–H and O–H groups in total. The Hall–Kier alpha value is -1.38. The maximum absolute atomic E-state index is 12.0. The number of nitrogens with one attached hydrogen (secondary N) is 2. The summed E-state index contributed by atoms with van der Waals surface area (Å²) in [5.41, 5.74) is 0.120. The lowest BCUT2D eigenvalue weighted by Crippen LogP contribution is -2.41. The van der Waals surface area contributed by atoms with Gasteiger partial charge in [-0.05, 0) is 13.2 Å². The third kappa shape index (κ3) is 3.31. The third-order valence-corrected chi connectivity index (χ3v) is 2.96. The number of aromatic amines is 1. The van der Waals surface area contributed by atoms with Crippen molar-refractivity contribution in [2.45, 2.75) is 18.0 Å². The molecule has 1 rings (SSSR count). The molecule has 1 aromatic heterocycles. The number of thioether (sulfide) groups is 1. The highest BCUT2D eigenvalue weighted by atomic mass is 32.2. The molecule has 0 radical (unpaired) electrons. The monoisotopic (exact) mass is 273 g/mol. The van der Waals surface area contributed by atoms with E-state index in [1.54, 1.807) is 13.2 Å². The second-order valence-corrected chi connectivity index (χ2v) is 4.38. The molecule has 1 amide bonds. The van der Waals surface area contributed by atoms with Gasteiger partial charge in [-0.25, -0.2) is 4.79 Å². The highest BCUT2D eigenvalue weighted by Gasteiger charge is 2.19. The maximum atomic E-state index is 12.0. The second-order valence-electron chi connectivity index (χ2n) is 3.59. The molecule has 0 spiro atoms. The standard InChI is InChI=1S/C10H15N3O4S/c1-5-7(8(16)12-6(3-14)4-15)9(18-2)13-10(17)11-5/h6,14-15H,3-4H2,1-2H3,(H,12,16)(H,11,13,17). The van der Waals surface area contributed by atoms with Gasteiger partial charge in [-0.1, -0.05) is 0 Å². The summed E-state index contributed by atoms with van der Waals surface area (Å²) in [6.45, 7) is 0.851. The first-order valence-corrected chi connectivity index (χ1v) is 6.43. The Balaban J connectivity index is 3.08. The van der Waals surface area contributed by atoms with Gasteiger partial charge < -0.3 is 20.5 Å². The molecule has 18 heavy (non-hydrogen) atoms. The summed E-state index contributed by atoms with van der Waals surface area (Å²) in [5.74, 6) is -0.492. The summed E-state index contributed by atoms with van der Waals surface area (Å²) in [7, 11) is 0. The molecule has 0 saturated heterocycles. The van der Waals surface area contributed by atoms with Crippen LogP contribution in [0.25, 0.3) is 0 Å². The van der Waals surface area contributed by atoms with E-state index in [0.29, 0.717) is 10.7 Å². The second kappa shape index (κ2) is 6.53. The van der Waals surface area contributed by atoms with E-state index < -0.39 is 17.6 Å². The van der Waals surface area contributed by atoms with Crippen molar-refractivity contribution in [3.63, 3.8) is 0 Å². The van der Waals surface area contributed by atoms with Gasteiger partial charge in [0.2, 0.25) is 0 Å². The van der Waals surface area contributed by atoms with Crippen molar-refractivity contribution in [3.8, 4) is 0 Å². The number of aliphatic hydroxyl groups excluding tert-OH is 2. The average Bonchev–Trinajstić information content (AvgIpc) is 2.34. The third-order valence-electron chi connectivity index (χ3n) is 2.28. The number of H-pyrrole nitrogens is 1. The topological polar surface area (TPSA) is 115 Å². The number of hydrogen-bond donors (Lipinski definition) is 4. The van der Waals surface area contributed by atoms with Crippen LogP contribution in [-0.4, -0.2) is 51.6 Å². The van der Waals surface area contributed by atoms with Crippen LogP contribution >= 0.6 is 11.8 Å². The zero-order valence-electron chi connectivity index (χ0n) is 10.1. The minimum absolute atomic E-state index is 0.244. The van der Waals surface area contributed by atoms with Crippen LogP contribution < -0.4 is 11.0 Å². The van der Waals surface area contributed by atoms with Crippen LogP contribution in [-0.2, 0) is 0 Å². The van der Waals surface area contributed by atoms with Gasteiger partial charge in [0.25, 0.3) is 5.91 Å². The largest absolute Gasteiger partial charge is 0.394 e. The molecule has 0 aliphatic rings. The molecule has 0 aliphatic carbocycles. The van der Waals surface area contributed by atoms with Crippen molar-refractivity contribution in [1.29, 1.82) is 0 Å². The van der Waals surface area contributed by atoms with E-state index in [4.69, 9.17) is 10.2 Å². The van der Waals surface area contributed by atoms with E-state index in [9.17, 15) is 9.59 Å². The number of aromatic nitrogens is 2. The molecule has 1 heterocycles. The van der Waals surface area contributed by atoms with Crippen molar-refractivity contribution in [3.05, 3.63) is 21.7 Å².